The van der Waals surface area contributed by atoms with E-state index in [1.54, 1.807) is 80.0 Å². The molecular formula is C56H65F3N8O8. The van der Waals surface area contributed by atoms with E-state index in [1.165, 1.54) is 19.2 Å². The molecule has 16 nitrogen and oxygen atoms in total. The van der Waals surface area contributed by atoms with Gasteiger partial charge in [-0.15, -0.1) is 0 Å². The molecule has 1 saturated heterocycles. The third-order valence-electron chi connectivity index (χ3n) is 13.0. The predicted molar refractivity (Wildman–Crippen MR) is 280 cm³/mol. The van der Waals surface area contributed by atoms with Crippen molar-refractivity contribution < 1.29 is 51.2 Å². The van der Waals surface area contributed by atoms with Crippen LogP contribution in [0.5, 0.6) is 17.2 Å². The number of anilines is 3. The molecule has 0 saturated carbocycles. The highest BCUT2D eigenvalue weighted by Crippen LogP contribution is 2.45. The SMILES string of the molecule is COc1ccc(CN(Cc2ccc(OC)cc2)c2cc(C)c(C(F)(F)F)c(-c3cc4c5c(nc(CCC6(N(C)C)COC6)nc5c3)N(Cc3cccnc3N(C(=O)OC(C)(C)C)C(=O)OC(C)(C)C)CCO4)n2)cc1. The Bertz CT molecular complexity index is 2950. The molecule has 75 heavy (non-hydrogen) atoms. The smallest absolute Gasteiger partial charge is 0.425 e. The number of carbonyl (C=O) groups is 2. The Balaban J connectivity index is 1.28. The number of nitrogens with zero attached hydrogens (tertiary/aromatic N) is 8. The van der Waals surface area contributed by atoms with Crippen LogP contribution in [0.15, 0.2) is 85.1 Å². The van der Waals surface area contributed by atoms with Crippen LogP contribution in [0.1, 0.15) is 81.6 Å². The molecule has 8 rings (SSSR count). The van der Waals surface area contributed by atoms with Gasteiger partial charge in [-0.3, -0.25) is 4.90 Å². The first-order chi connectivity index (χ1) is 35.4. The van der Waals surface area contributed by atoms with Gasteiger partial charge in [-0.25, -0.2) is 29.5 Å². The van der Waals surface area contributed by atoms with Crippen LogP contribution < -0.4 is 28.9 Å². The summed E-state index contributed by atoms with van der Waals surface area (Å²) in [7, 11) is 7.16. The Hall–Kier alpha value is -7.25. The number of hydrogen-bond acceptors (Lipinski definition) is 15. The topological polar surface area (TPSA) is 154 Å². The van der Waals surface area contributed by atoms with Crippen LogP contribution in [0.25, 0.3) is 22.2 Å². The van der Waals surface area contributed by atoms with Gasteiger partial charge in [-0.05, 0) is 134 Å². The summed E-state index contributed by atoms with van der Waals surface area (Å²) in [5.74, 6) is 2.77. The van der Waals surface area contributed by atoms with E-state index in [2.05, 4.69) is 9.88 Å². The summed E-state index contributed by atoms with van der Waals surface area (Å²) in [5, 5.41) is 0.456. The lowest BCUT2D eigenvalue weighted by Gasteiger charge is -2.46. The van der Waals surface area contributed by atoms with Gasteiger partial charge in [0.15, 0.2) is 5.82 Å². The van der Waals surface area contributed by atoms with Crippen molar-refractivity contribution in [3.8, 4) is 28.5 Å². The lowest BCUT2D eigenvalue weighted by molar-refractivity contribution is -0.137. The Morgan fingerprint density at radius 1 is 0.800 bits per heavy atom. The molecule has 0 radical (unpaired) electrons. The third kappa shape index (κ3) is 12.5. The number of aryl methyl sites for hydroxylation is 2. The van der Waals surface area contributed by atoms with Crippen LogP contribution in [0, 0.1) is 6.92 Å². The van der Waals surface area contributed by atoms with Crippen molar-refractivity contribution in [2.24, 2.45) is 0 Å². The molecule has 0 spiro atoms. The molecule has 0 aliphatic carbocycles. The van der Waals surface area contributed by atoms with Crippen molar-refractivity contribution in [3.05, 3.63) is 119 Å². The van der Waals surface area contributed by atoms with Crippen molar-refractivity contribution >= 4 is 40.5 Å². The summed E-state index contributed by atoms with van der Waals surface area (Å²) in [6, 6.07) is 23.1. The van der Waals surface area contributed by atoms with Crippen molar-refractivity contribution in [1.82, 2.24) is 24.8 Å². The second-order valence-electron chi connectivity index (χ2n) is 21.1. The molecule has 2 amide bonds. The number of pyridine rings is 2. The highest BCUT2D eigenvalue weighted by atomic mass is 19.4. The van der Waals surface area contributed by atoms with Crippen LogP contribution in [0.3, 0.4) is 0 Å². The maximum Gasteiger partial charge on any atom is 0.425 e. The monoisotopic (exact) mass is 1030 g/mol. The number of amides is 2. The van der Waals surface area contributed by atoms with Gasteiger partial charge in [-0.2, -0.15) is 18.1 Å². The lowest BCUT2D eigenvalue weighted by Crippen LogP contribution is -2.59. The first-order valence-corrected chi connectivity index (χ1v) is 24.7. The number of carbonyl (C=O) groups excluding carboxylic acids is 2. The highest BCUT2D eigenvalue weighted by molar-refractivity contribution is 6.09. The fourth-order valence-electron chi connectivity index (χ4n) is 9.01. The van der Waals surface area contributed by atoms with E-state index in [1.807, 2.05) is 72.4 Å². The van der Waals surface area contributed by atoms with Crippen molar-refractivity contribution in [3.63, 3.8) is 0 Å². The molecule has 19 heteroatoms. The van der Waals surface area contributed by atoms with Crippen LogP contribution >= 0.6 is 0 Å². The van der Waals surface area contributed by atoms with Gasteiger partial charge in [0.05, 0.1) is 61.7 Å². The standard InChI is InChI=1S/C56H65F3N8O8/c1-35-27-45(66(30-36-14-18-40(70-10)19-15-36)31-37-16-20-41(71-11)21-17-37)63-48(47(35)56(57,58)59)39-28-42-46-43(29-39)73-26-25-65(50(46)62-44(61-42)22-23-55(64(8)9)33-72-34-55)32-38-13-12-24-60-49(38)67(51(68)74-53(2,3)4)52(69)75-54(5,6)7/h12-21,24,27-29H,22-23,25-26,30-34H2,1-11H3. The quantitative estimate of drug-likeness (QED) is 0.0957. The second-order valence-corrected chi connectivity index (χ2v) is 21.1. The first kappa shape index (κ1) is 54.0. The summed E-state index contributed by atoms with van der Waals surface area (Å²) >= 11 is 0. The molecule has 3 aromatic heterocycles. The molecule has 0 bridgehead atoms. The predicted octanol–water partition coefficient (Wildman–Crippen LogP) is 11.0. The largest absolute Gasteiger partial charge is 0.497 e. The summed E-state index contributed by atoms with van der Waals surface area (Å²) in [5.41, 5.74) is -0.722. The van der Waals surface area contributed by atoms with Gasteiger partial charge in [0.1, 0.15) is 52.5 Å². The zero-order valence-corrected chi connectivity index (χ0v) is 44.4. The summed E-state index contributed by atoms with van der Waals surface area (Å²) < 4.78 is 81.1. The minimum atomic E-state index is -4.80. The maximum absolute atomic E-state index is 15.6. The molecule has 6 aromatic rings. The maximum atomic E-state index is 15.6. The number of likely N-dealkylation sites (N-methyl/N-ethyl adjacent to an activating group) is 1. The Labute approximate surface area is 435 Å². The van der Waals surface area contributed by atoms with Crippen molar-refractivity contribution in [2.45, 2.75) is 104 Å². The third-order valence-corrected chi connectivity index (χ3v) is 13.0. The van der Waals surface area contributed by atoms with E-state index in [0.717, 1.165) is 16.0 Å². The summed E-state index contributed by atoms with van der Waals surface area (Å²) in [6.45, 7) is 13.6. The number of imide groups is 1. The number of benzene rings is 3. The fourth-order valence-corrected chi connectivity index (χ4v) is 9.01. The Morgan fingerprint density at radius 3 is 1.92 bits per heavy atom. The van der Waals surface area contributed by atoms with Gasteiger partial charge in [0.2, 0.25) is 0 Å². The summed E-state index contributed by atoms with van der Waals surface area (Å²) in [4.78, 5) is 54.3. The van der Waals surface area contributed by atoms with Crippen LogP contribution in [0.2, 0.25) is 0 Å². The van der Waals surface area contributed by atoms with Crippen LogP contribution in [0.4, 0.5) is 40.2 Å². The number of alkyl halides is 3. The van der Waals surface area contributed by atoms with Crippen LogP contribution in [-0.4, -0.2) is 108 Å². The zero-order chi connectivity index (χ0) is 54.0. The minimum Gasteiger partial charge on any atom is -0.497 e. The average molecular weight is 1040 g/mol. The van der Waals surface area contributed by atoms with Gasteiger partial charge in [0, 0.05) is 43.4 Å². The number of halogens is 3. The number of aromatic nitrogens is 4. The summed E-state index contributed by atoms with van der Waals surface area (Å²) in [6.07, 6.45) is -4.28. The molecule has 1 fully saturated rings. The number of methoxy groups -OCH3 is 2. The highest BCUT2D eigenvalue weighted by Gasteiger charge is 2.42. The molecule has 5 heterocycles. The van der Waals surface area contributed by atoms with E-state index in [0.29, 0.717) is 84.6 Å². The van der Waals surface area contributed by atoms with E-state index >= 15 is 13.2 Å². The molecule has 2 aliphatic heterocycles. The second kappa shape index (κ2) is 21.5. The number of hydrogen-bond donors (Lipinski definition) is 0. The normalized spacial score (nSPS) is 14.4. The molecule has 0 unspecified atom stereocenters. The average Bonchev–Trinajstić information content (AvgIpc) is 3.49. The van der Waals surface area contributed by atoms with Gasteiger partial charge in [0.25, 0.3) is 0 Å². The van der Waals surface area contributed by atoms with E-state index in [-0.39, 0.29) is 53.6 Å². The van der Waals surface area contributed by atoms with Gasteiger partial charge in [-0.1, -0.05) is 30.3 Å². The Morgan fingerprint density at radius 2 is 1.40 bits per heavy atom. The van der Waals surface area contributed by atoms with Gasteiger partial charge >= 0.3 is 18.4 Å². The number of ether oxygens (including phenoxy) is 6. The molecule has 0 N–H and O–H groups in total. The molecular weight excluding hydrogens is 970 g/mol. The van der Waals surface area contributed by atoms with E-state index in [9.17, 15) is 9.59 Å². The van der Waals surface area contributed by atoms with Crippen LogP contribution in [-0.2, 0) is 46.4 Å². The molecule has 398 valence electrons. The van der Waals surface area contributed by atoms with E-state index in [4.69, 9.17) is 43.4 Å². The molecule has 2 aliphatic rings. The van der Waals surface area contributed by atoms with E-state index < -0.39 is 35.1 Å². The first-order valence-electron chi connectivity index (χ1n) is 24.7. The minimum absolute atomic E-state index is 0.0146. The fraction of sp³-hybridized carbons (Fsp3) is 0.429. The zero-order valence-electron chi connectivity index (χ0n) is 44.4. The van der Waals surface area contributed by atoms with Crippen molar-refractivity contribution in [2.75, 3.05) is 69.4 Å². The Kier molecular flexibility index (Phi) is 15.5. The molecule has 3 aromatic carbocycles. The lowest BCUT2D eigenvalue weighted by atomic mass is 9.90. The van der Waals surface area contributed by atoms with Gasteiger partial charge < -0.3 is 38.2 Å². The molecule has 0 atom stereocenters. The van der Waals surface area contributed by atoms with Crippen molar-refractivity contribution in [1.29, 1.82) is 0 Å². The number of rotatable bonds is 15.